The lowest BCUT2D eigenvalue weighted by Crippen LogP contribution is -2.35. The lowest BCUT2D eigenvalue weighted by atomic mass is 10.3. The van der Waals surface area contributed by atoms with Gasteiger partial charge >= 0.3 is 0 Å². The number of ether oxygens (including phenoxy) is 1. The second-order valence-corrected chi connectivity index (χ2v) is 2.76. The first-order valence-electron chi connectivity index (χ1n) is 4.00. The number of rotatable bonds is 4. The zero-order valence-electron chi connectivity index (χ0n) is 7.51. The van der Waals surface area contributed by atoms with Crippen LogP contribution in [0.4, 0.5) is 0 Å². The Bertz CT molecular complexity index is 310. The molecule has 0 amide bonds. The number of methoxy groups -OCH3 is 1. The van der Waals surface area contributed by atoms with Crippen LogP contribution in [0, 0.1) is 0 Å². The summed E-state index contributed by atoms with van der Waals surface area (Å²) in [7, 11) is 1.57. The third-order valence-corrected chi connectivity index (χ3v) is 1.57. The summed E-state index contributed by atoms with van der Waals surface area (Å²) in [5, 5.41) is 3.87. The molecule has 0 radical (unpaired) electrons. The van der Waals surface area contributed by atoms with E-state index < -0.39 is 0 Å². The molecule has 0 spiro atoms. The summed E-state index contributed by atoms with van der Waals surface area (Å²) >= 11 is 0. The Morgan fingerprint density at radius 1 is 1.77 bits per heavy atom. The second kappa shape index (κ2) is 4.74. The van der Waals surface area contributed by atoms with Gasteiger partial charge in [0.2, 0.25) is 0 Å². The quantitative estimate of drug-likeness (QED) is 0.664. The molecule has 0 aliphatic rings. The Labute approximate surface area is 76.1 Å². The Balaban J connectivity index is 2.63. The van der Waals surface area contributed by atoms with Crippen molar-refractivity contribution >= 4 is 0 Å². The van der Waals surface area contributed by atoms with Crippen molar-refractivity contribution in [3.8, 4) is 0 Å². The Hall–Kier alpha value is -1.20. The van der Waals surface area contributed by atoms with E-state index in [1.807, 2.05) is 0 Å². The average molecular weight is 183 g/mol. The van der Waals surface area contributed by atoms with Crippen LogP contribution >= 0.6 is 0 Å². The molecule has 5 nitrogen and oxygen atoms in total. The van der Waals surface area contributed by atoms with Crippen LogP contribution in [0.2, 0.25) is 0 Å². The number of aromatic nitrogens is 2. The minimum Gasteiger partial charge on any atom is -0.383 e. The summed E-state index contributed by atoms with van der Waals surface area (Å²) in [5.74, 6) is 0. The molecule has 1 aromatic heterocycles. The van der Waals surface area contributed by atoms with E-state index in [-0.39, 0.29) is 11.6 Å². The highest BCUT2D eigenvalue weighted by molar-refractivity contribution is 4.85. The highest BCUT2D eigenvalue weighted by Crippen LogP contribution is 1.84. The van der Waals surface area contributed by atoms with Crippen LogP contribution < -0.4 is 11.3 Å². The monoisotopic (exact) mass is 183 g/mol. The van der Waals surface area contributed by atoms with E-state index in [2.05, 4.69) is 5.10 Å². The molecule has 72 valence electrons. The molecule has 0 aliphatic carbocycles. The largest absolute Gasteiger partial charge is 0.383 e. The Morgan fingerprint density at radius 3 is 3.15 bits per heavy atom. The van der Waals surface area contributed by atoms with Gasteiger partial charge in [-0.15, -0.1) is 0 Å². The van der Waals surface area contributed by atoms with Crippen molar-refractivity contribution in [3.05, 3.63) is 28.7 Å². The predicted octanol–water partition coefficient (Wildman–Crippen LogP) is -0.783. The van der Waals surface area contributed by atoms with Gasteiger partial charge in [-0.05, 0) is 6.07 Å². The fourth-order valence-corrected chi connectivity index (χ4v) is 1.01. The Morgan fingerprint density at radius 2 is 2.54 bits per heavy atom. The topological polar surface area (TPSA) is 70.1 Å². The van der Waals surface area contributed by atoms with Crippen LogP contribution in [0.15, 0.2) is 23.1 Å². The molecule has 1 aromatic rings. The number of nitrogens with two attached hydrogens (primary N) is 1. The van der Waals surface area contributed by atoms with Gasteiger partial charge in [0.15, 0.2) is 0 Å². The van der Waals surface area contributed by atoms with E-state index in [1.165, 1.54) is 10.7 Å². The molecule has 1 unspecified atom stereocenters. The Kier molecular flexibility index (Phi) is 3.60. The van der Waals surface area contributed by atoms with E-state index >= 15 is 0 Å². The van der Waals surface area contributed by atoms with Gasteiger partial charge in [0, 0.05) is 25.4 Å². The van der Waals surface area contributed by atoms with Crippen molar-refractivity contribution in [3.63, 3.8) is 0 Å². The van der Waals surface area contributed by atoms with Crippen molar-refractivity contribution in [2.75, 3.05) is 13.7 Å². The van der Waals surface area contributed by atoms with Gasteiger partial charge in [0.05, 0.1) is 13.2 Å². The van der Waals surface area contributed by atoms with Gasteiger partial charge in [-0.2, -0.15) is 5.10 Å². The minimum absolute atomic E-state index is 0.144. The van der Waals surface area contributed by atoms with Crippen LogP contribution in [0.25, 0.3) is 0 Å². The van der Waals surface area contributed by atoms with Gasteiger partial charge < -0.3 is 10.5 Å². The molecule has 13 heavy (non-hydrogen) atoms. The standard InChI is InChI=1S/C8H13N3O2/c1-13-6-7(9)5-11-8(12)3-2-4-10-11/h2-4,7H,5-6,9H2,1H3. The van der Waals surface area contributed by atoms with Crippen molar-refractivity contribution in [2.24, 2.45) is 5.73 Å². The van der Waals surface area contributed by atoms with Gasteiger partial charge in [0.25, 0.3) is 5.56 Å². The predicted molar refractivity (Wildman–Crippen MR) is 48.3 cm³/mol. The summed E-state index contributed by atoms with van der Waals surface area (Å²) in [6.07, 6.45) is 1.56. The summed E-state index contributed by atoms with van der Waals surface area (Å²) < 4.78 is 6.17. The lowest BCUT2D eigenvalue weighted by Gasteiger charge is -2.10. The first-order valence-corrected chi connectivity index (χ1v) is 4.00. The molecule has 1 atom stereocenters. The maximum absolute atomic E-state index is 11.2. The second-order valence-electron chi connectivity index (χ2n) is 2.76. The van der Waals surface area contributed by atoms with E-state index in [0.29, 0.717) is 13.2 Å². The highest BCUT2D eigenvalue weighted by atomic mass is 16.5. The van der Waals surface area contributed by atoms with Crippen molar-refractivity contribution < 1.29 is 4.74 Å². The maximum atomic E-state index is 11.2. The average Bonchev–Trinajstić information content (AvgIpc) is 2.09. The van der Waals surface area contributed by atoms with Gasteiger partial charge in [-0.1, -0.05) is 0 Å². The van der Waals surface area contributed by atoms with Crippen LogP contribution in [0.5, 0.6) is 0 Å². The molecule has 5 heteroatoms. The zero-order valence-corrected chi connectivity index (χ0v) is 7.51. The molecule has 0 saturated carbocycles. The fourth-order valence-electron chi connectivity index (χ4n) is 1.01. The minimum atomic E-state index is -0.197. The van der Waals surface area contributed by atoms with E-state index in [4.69, 9.17) is 10.5 Å². The number of nitrogens with zero attached hydrogens (tertiary/aromatic N) is 2. The highest BCUT2D eigenvalue weighted by Gasteiger charge is 2.03. The molecule has 2 N–H and O–H groups in total. The molecule has 0 aliphatic heterocycles. The van der Waals surface area contributed by atoms with Gasteiger partial charge in [-0.25, -0.2) is 4.68 Å². The lowest BCUT2D eigenvalue weighted by molar-refractivity contribution is 0.171. The van der Waals surface area contributed by atoms with Gasteiger partial charge in [0.1, 0.15) is 0 Å². The smallest absolute Gasteiger partial charge is 0.266 e. The zero-order chi connectivity index (χ0) is 9.68. The summed E-state index contributed by atoms with van der Waals surface area (Å²) in [6, 6.07) is 2.85. The van der Waals surface area contributed by atoms with Crippen LogP contribution in [0.3, 0.4) is 0 Å². The molecular weight excluding hydrogens is 170 g/mol. The molecule has 0 fully saturated rings. The maximum Gasteiger partial charge on any atom is 0.266 e. The van der Waals surface area contributed by atoms with E-state index in [1.54, 1.807) is 19.4 Å². The first-order chi connectivity index (χ1) is 6.24. The molecule has 1 rings (SSSR count). The van der Waals surface area contributed by atoms with E-state index in [9.17, 15) is 4.79 Å². The van der Waals surface area contributed by atoms with Crippen LogP contribution in [-0.4, -0.2) is 29.5 Å². The fraction of sp³-hybridized carbons (Fsp3) is 0.500. The SMILES string of the molecule is COCC(N)Cn1ncccc1=O. The molecule has 0 bridgehead atoms. The van der Waals surface area contributed by atoms with Crippen LogP contribution in [-0.2, 0) is 11.3 Å². The first kappa shape index (κ1) is 9.88. The van der Waals surface area contributed by atoms with Crippen molar-refractivity contribution in [1.82, 2.24) is 9.78 Å². The normalized spacial score (nSPS) is 12.8. The third kappa shape index (κ3) is 2.96. The third-order valence-electron chi connectivity index (χ3n) is 1.57. The molecule has 0 aromatic carbocycles. The molecular formula is C8H13N3O2. The summed E-state index contributed by atoms with van der Waals surface area (Å²) in [4.78, 5) is 11.2. The number of hydrogen-bond acceptors (Lipinski definition) is 4. The summed E-state index contributed by atoms with van der Waals surface area (Å²) in [5.41, 5.74) is 5.52. The van der Waals surface area contributed by atoms with Crippen molar-refractivity contribution in [1.29, 1.82) is 0 Å². The van der Waals surface area contributed by atoms with E-state index in [0.717, 1.165) is 0 Å². The molecule has 0 saturated heterocycles. The van der Waals surface area contributed by atoms with Crippen LogP contribution in [0.1, 0.15) is 0 Å². The van der Waals surface area contributed by atoms with Gasteiger partial charge in [-0.3, -0.25) is 4.79 Å². The summed E-state index contributed by atoms with van der Waals surface area (Å²) in [6.45, 7) is 0.802. The van der Waals surface area contributed by atoms with Crippen molar-refractivity contribution in [2.45, 2.75) is 12.6 Å². The number of hydrogen-bond donors (Lipinski definition) is 1. The molecule has 1 heterocycles.